The first-order valence-corrected chi connectivity index (χ1v) is 3.94. The smallest absolute Gasteiger partial charge is 0.306 e. The van der Waals surface area contributed by atoms with Crippen LogP contribution in [0, 0.1) is 11.8 Å². The van der Waals surface area contributed by atoms with Crippen molar-refractivity contribution in [2.75, 3.05) is 0 Å². The Morgan fingerprint density at radius 3 is 2.27 bits per heavy atom. The molecule has 0 saturated heterocycles. The Hall–Kier alpha value is 0.158. The van der Waals surface area contributed by atoms with Gasteiger partial charge < -0.3 is 5.11 Å². The fourth-order valence-corrected chi connectivity index (χ4v) is 1.66. The van der Waals surface area contributed by atoms with Gasteiger partial charge >= 0.3 is 5.97 Å². The van der Waals surface area contributed by atoms with Crippen LogP contribution in [0.4, 0.5) is 0 Å². The third-order valence-electron chi connectivity index (χ3n) is 2.50. The van der Waals surface area contributed by atoms with Crippen molar-refractivity contribution < 1.29 is 31.0 Å². The monoisotopic (exact) mass is 240 g/mol. The predicted octanol–water partition coefficient (Wildman–Crippen LogP) is 1.89. The van der Waals surface area contributed by atoms with Crippen molar-refractivity contribution in [2.45, 2.75) is 32.6 Å². The first-order valence-electron chi connectivity index (χ1n) is 3.94. The molecule has 1 saturated carbocycles. The van der Waals surface area contributed by atoms with Gasteiger partial charge in [0.05, 0.1) is 5.92 Å². The summed E-state index contributed by atoms with van der Waals surface area (Å²) in [6, 6.07) is 0. The predicted molar refractivity (Wildman–Crippen MR) is 38.8 cm³/mol. The average Bonchev–Trinajstić information content (AvgIpc) is 2.36. The summed E-state index contributed by atoms with van der Waals surface area (Å²) in [5, 5.41) is 8.64. The molecule has 0 aromatic carbocycles. The van der Waals surface area contributed by atoms with Gasteiger partial charge in [0.25, 0.3) is 0 Å². The zero-order chi connectivity index (χ0) is 7.56. The summed E-state index contributed by atoms with van der Waals surface area (Å²) in [5.41, 5.74) is 0. The number of carboxylic acids is 1. The van der Waals surface area contributed by atoms with Gasteiger partial charge in [-0.15, -0.1) is 0 Å². The van der Waals surface area contributed by atoms with Crippen molar-refractivity contribution in [3.05, 3.63) is 0 Å². The summed E-state index contributed by atoms with van der Waals surface area (Å²) in [4.78, 5) is 10.5. The van der Waals surface area contributed by atoms with Crippen molar-refractivity contribution >= 4 is 5.97 Å². The Labute approximate surface area is 81.6 Å². The Morgan fingerprint density at radius 1 is 1.45 bits per heavy atom. The molecule has 1 aliphatic rings. The normalized spacial score (nSPS) is 20.8. The maximum absolute atomic E-state index is 10.5. The van der Waals surface area contributed by atoms with E-state index in [2.05, 4.69) is 0 Å². The van der Waals surface area contributed by atoms with E-state index in [0.29, 0.717) is 5.92 Å². The van der Waals surface area contributed by atoms with E-state index in [1.54, 1.807) is 0 Å². The summed E-state index contributed by atoms with van der Waals surface area (Å²) in [6.07, 6.45) is 4.69. The van der Waals surface area contributed by atoms with Gasteiger partial charge in [-0.05, 0) is 18.8 Å². The van der Waals surface area contributed by atoms with Crippen molar-refractivity contribution in [3.63, 3.8) is 0 Å². The summed E-state index contributed by atoms with van der Waals surface area (Å²) in [7, 11) is 0. The van der Waals surface area contributed by atoms with E-state index in [9.17, 15) is 4.79 Å². The second-order valence-corrected chi connectivity index (χ2v) is 3.17. The standard InChI is InChI=1S/C8H14O2.Mo/c1-6(8(9)10)7-4-2-3-5-7;/h6-7H,2-5H2,1H3,(H,9,10);. The van der Waals surface area contributed by atoms with Gasteiger partial charge in [0.1, 0.15) is 0 Å². The Bertz CT molecular complexity index is 130. The van der Waals surface area contributed by atoms with Crippen LogP contribution in [-0.2, 0) is 25.9 Å². The molecular formula is C8H14MoO2. The van der Waals surface area contributed by atoms with Gasteiger partial charge in [-0.1, -0.05) is 19.8 Å². The number of carboxylic acid groups (broad SMARTS) is 1. The number of hydrogen-bond donors (Lipinski definition) is 1. The third kappa shape index (κ3) is 2.94. The molecule has 0 heterocycles. The molecule has 1 fully saturated rings. The molecule has 64 valence electrons. The van der Waals surface area contributed by atoms with Crippen LogP contribution in [0.25, 0.3) is 0 Å². The van der Waals surface area contributed by atoms with Crippen LogP contribution >= 0.6 is 0 Å². The third-order valence-corrected chi connectivity index (χ3v) is 2.50. The van der Waals surface area contributed by atoms with Gasteiger partial charge in [0, 0.05) is 21.1 Å². The molecule has 0 aliphatic heterocycles. The van der Waals surface area contributed by atoms with E-state index in [4.69, 9.17) is 5.11 Å². The van der Waals surface area contributed by atoms with Crippen LogP contribution in [0.2, 0.25) is 0 Å². The summed E-state index contributed by atoms with van der Waals surface area (Å²) in [5.74, 6) is -0.299. The van der Waals surface area contributed by atoms with Crippen molar-refractivity contribution in [3.8, 4) is 0 Å². The van der Waals surface area contributed by atoms with Crippen molar-refractivity contribution in [1.29, 1.82) is 0 Å². The molecular weight excluding hydrogens is 224 g/mol. The van der Waals surface area contributed by atoms with Gasteiger partial charge in [0.2, 0.25) is 0 Å². The zero-order valence-electron chi connectivity index (χ0n) is 6.75. The van der Waals surface area contributed by atoms with Crippen molar-refractivity contribution in [1.82, 2.24) is 0 Å². The van der Waals surface area contributed by atoms with E-state index in [-0.39, 0.29) is 27.0 Å². The second kappa shape index (κ2) is 4.92. The minimum atomic E-state index is -0.632. The first kappa shape index (κ1) is 11.2. The SMILES string of the molecule is CC(C(=O)O)C1CCCC1.[Mo]. The fourth-order valence-electron chi connectivity index (χ4n) is 1.66. The Balaban J connectivity index is 0.000001000. The molecule has 0 spiro atoms. The Morgan fingerprint density at radius 2 is 1.91 bits per heavy atom. The quantitative estimate of drug-likeness (QED) is 0.746. The van der Waals surface area contributed by atoms with Crippen LogP contribution in [0.3, 0.4) is 0 Å². The number of aliphatic carboxylic acids is 1. The van der Waals surface area contributed by atoms with Crippen LogP contribution < -0.4 is 0 Å². The van der Waals surface area contributed by atoms with E-state index < -0.39 is 5.97 Å². The van der Waals surface area contributed by atoms with Gasteiger partial charge in [0.15, 0.2) is 0 Å². The topological polar surface area (TPSA) is 37.3 Å². The number of rotatable bonds is 2. The fraction of sp³-hybridized carbons (Fsp3) is 0.875. The van der Waals surface area contributed by atoms with Crippen LogP contribution in [0.15, 0.2) is 0 Å². The Kier molecular flexibility index (Phi) is 4.99. The zero-order valence-corrected chi connectivity index (χ0v) is 8.75. The average molecular weight is 238 g/mol. The van der Waals surface area contributed by atoms with Gasteiger partial charge in [-0.3, -0.25) is 4.79 Å². The maximum Gasteiger partial charge on any atom is 0.306 e. The summed E-state index contributed by atoms with van der Waals surface area (Å²) < 4.78 is 0. The maximum atomic E-state index is 10.5. The van der Waals surface area contributed by atoms with Gasteiger partial charge in [-0.2, -0.15) is 0 Å². The largest absolute Gasteiger partial charge is 0.481 e. The molecule has 0 aromatic heterocycles. The minimum absolute atomic E-state index is 0. The van der Waals surface area contributed by atoms with E-state index in [1.807, 2.05) is 6.92 Å². The number of carbonyl (C=O) groups is 1. The van der Waals surface area contributed by atoms with Crippen molar-refractivity contribution in [2.24, 2.45) is 11.8 Å². The van der Waals surface area contributed by atoms with Gasteiger partial charge in [-0.25, -0.2) is 0 Å². The second-order valence-electron chi connectivity index (χ2n) is 3.17. The van der Waals surface area contributed by atoms with Crippen LogP contribution in [-0.4, -0.2) is 11.1 Å². The first-order chi connectivity index (χ1) is 4.72. The molecule has 1 atom stereocenters. The molecule has 1 N–H and O–H groups in total. The summed E-state index contributed by atoms with van der Waals surface area (Å²) in [6.45, 7) is 1.82. The molecule has 0 amide bonds. The van der Waals surface area contributed by atoms with Crippen LogP contribution in [0.1, 0.15) is 32.6 Å². The summed E-state index contributed by atoms with van der Waals surface area (Å²) >= 11 is 0. The molecule has 1 aliphatic carbocycles. The van der Waals surface area contributed by atoms with E-state index >= 15 is 0 Å². The number of hydrogen-bond acceptors (Lipinski definition) is 1. The minimum Gasteiger partial charge on any atom is -0.481 e. The molecule has 0 aromatic rings. The van der Waals surface area contributed by atoms with E-state index in [1.165, 1.54) is 12.8 Å². The van der Waals surface area contributed by atoms with Crippen LogP contribution in [0.5, 0.6) is 0 Å². The molecule has 1 rings (SSSR count). The molecule has 0 radical (unpaired) electrons. The van der Waals surface area contributed by atoms with E-state index in [0.717, 1.165) is 12.8 Å². The molecule has 1 unspecified atom stereocenters. The molecule has 11 heavy (non-hydrogen) atoms. The molecule has 0 bridgehead atoms. The molecule has 3 heteroatoms. The molecule has 2 nitrogen and oxygen atoms in total.